The Bertz CT molecular complexity index is 651. The van der Waals surface area contributed by atoms with Crippen LogP contribution in [-0.2, 0) is 11.2 Å². The van der Waals surface area contributed by atoms with E-state index in [2.05, 4.69) is 5.32 Å². The molecule has 5 heteroatoms. The third-order valence-corrected chi connectivity index (χ3v) is 3.49. The molecule has 0 radical (unpaired) electrons. The third kappa shape index (κ3) is 4.90. The van der Waals surface area contributed by atoms with Crippen molar-refractivity contribution < 1.29 is 9.59 Å². The lowest BCUT2D eigenvalue weighted by Gasteiger charge is -2.06. The van der Waals surface area contributed by atoms with Gasteiger partial charge in [0.05, 0.1) is 0 Å². The summed E-state index contributed by atoms with van der Waals surface area (Å²) in [4.78, 5) is 22.8. The lowest BCUT2D eigenvalue weighted by molar-refractivity contribution is -0.116. The molecule has 2 aromatic carbocycles. The van der Waals surface area contributed by atoms with Crippen molar-refractivity contribution in [3.63, 3.8) is 0 Å². The largest absolute Gasteiger partial charge is 0.366 e. The lowest BCUT2D eigenvalue weighted by Crippen LogP contribution is -2.13. The van der Waals surface area contributed by atoms with Crippen LogP contribution < -0.4 is 11.1 Å². The van der Waals surface area contributed by atoms with Crippen molar-refractivity contribution in [2.24, 2.45) is 5.73 Å². The molecule has 22 heavy (non-hydrogen) atoms. The Hall–Kier alpha value is -2.33. The average Bonchev–Trinajstić information content (AvgIpc) is 2.50. The van der Waals surface area contributed by atoms with Crippen LogP contribution in [0.1, 0.15) is 28.8 Å². The fraction of sp³-hybridized carbons (Fsp3) is 0.176. The number of halogens is 1. The summed E-state index contributed by atoms with van der Waals surface area (Å²) >= 11 is 5.82. The quantitative estimate of drug-likeness (QED) is 0.857. The molecule has 0 spiro atoms. The highest BCUT2D eigenvalue weighted by atomic mass is 35.5. The number of hydrogen-bond donors (Lipinski definition) is 2. The SMILES string of the molecule is NC(=O)c1ccc(NC(=O)CCCc2ccc(Cl)cc2)cc1. The first kappa shape index (κ1) is 16.0. The molecule has 0 aliphatic carbocycles. The molecular formula is C17H17ClN2O2. The molecule has 114 valence electrons. The molecule has 0 unspecified atom stereocenters. The normalized spacial score (nSPS) is 10.2. The molecule has 2 rings (SSSR count). The van der Waals surface area contributed by atoms with Gasteiger partial charge in [-0.2, -0.15) is 0 Å². The first-order chi connectivity index (χ1) is 10.5. The predicted octanol–water partition coefficient (Wildman–Crippen LogP) is 3.40. The minimum Gasteiger partial charge on any atom is -0.366 e. The van der Waals surface area contributed by atoms with Crippen molar-refractivity contribution in [1.82, 2.24) is 0 Å². The minimum absolute atomic E-state index is 0.0548. The molecule has 0 atom stereocenters. The van der Waals surface area contributed by atoms with Crippen molar-refractivity contribution in [3.05, 3.63) is 64.7 Å². The fourth-order valence-electron chi connectivity index (χ4n) is 2.05. The zero-order valence-corrected chi connectivity index (χ0v) is 12.8. The number of nitrogens with one attached hydrogen (secondary N) is 1. The highest BCUT2D eigenvalue weighted by Gasteiger charge is 2.04. The zero-order valence-electron chi connectivity index (χ0n) is 12.0. The summed E-state index contributed by atoms with van der Waals surface area (Å²) in [7, 11) is 0. The average molecular weight is 317 g/mol. The molecule has 0 aromatic heterocycles. The monoisotopic (exact) mass is 316 g/mol. The van der Waals surface area contributed by atoms with E-state index >= 15 is 0 Å². The molecule has 0 aliphatic rings. The number of nitrogens with two attached hydrogens (primary N) is 1. The maximum Gasteiger partial charge on any atom is 0.248 e. The number of anilines is 1. The minimum atomic E-state index is -0.485. The van der Waals surface area contributed by atoms with Crippen LogP contribution in [0.4, 0.5) is 5.69 Å². The van der Waals surface area contributed by atoms with Crippen LogP contribution in [0.15, 0.2) is 48.5 Å². The van der Waals surface area contributed by atoms with Gasteiger partial charge >= 0.3 is 0 Å². The summed E-state index contributed by atoms with van der Waals surface area (Å²) in [5.41, 5.74) is 7.39. The van der Waals surface area contributed by atoms with Crippen molar-refractivity contribution in [1.29, 1.82) is 0 Å². The van der Waals surface area contributed by atoms with Crippen LogP contribution in [0.2, 0.25) is 5.02 Å². The van der Waals surface area contributed by atoms with E-state index in [1.165, 1.54) is 0 Å². The van der Waals surface area contributed by atoms with E-state index in [1.54, 1.807) is 24.3 Å². The van der Waals surface area contributed by atoms with Gasteiger partial charge in [-0.05, 0) is 54.8 Å². The van der Waals surface area contributed by atoms with Crippen molar-refractivity contribution in [3.8, 4) is 0 Å². The smallest absolute Gasteiger partial charge is 0.248 e. The van der Waals surface area contributed by atoms with E-state index in [-0.39, 0.29) is 5.91 Å². The number of aryl methyl sites for hydroxylation is 1. The maximum absolute atomic E-state index is 11.9. The van der Waals surface area contributed by atoms with Gasteiger partial charge in [0.2, 0.25) is 11.8 Å². The van der Waals surface area contributed by atoms with Crippen molar-refractivity contribution >= 4 is 29.1 Å². The van der Waals surface area contributed by atoms with Gasteiger partial charge < -0.3 is 11.1 Å². The predicted molar refractivity (Wildman–Crippen MR) is 88.0 cm³/mol. The van der Waals surface area contributed by atoms with E-state index in [0.29, 0.717) is 22.7 Å². The summed E-state index contributed by atoms with van der Waals surface area (Å²) < 4.78 is 0. The molecular weight excluding hydrogens is 300 g/mol. The number of hydrogen-bond acceptors (Lipinski definition) is 2. The second-order valence-corrected chi connectivity index (χ2v) is 5.41. The number of carbonyl (C=O) groups excluding carboxylic acids is 2. The molecule has 0 aliphatic heterocycles. The van der Waals surface area contributed by atoms with E-state index in [4.69, 9.17) is 17.3 Å². The van der Waals surface area contributed by atoms with Gasteiger partial charge in [0.1, 0.15) is 0 Å². The Morgan fingerprint density at radius 2 is 1.64 bits per heavy atom. The molecule has 3 N–H and O–H groups in total. The first-order valence-electron chi connectivity index (χ1n) is 6.99. The summed E-state index contributed by atoms with van der Waals surface area (Å²) in [5, 5.41) is 3.50. The molecule has 0 fully saturated rings. The van der Waals surface area contributed by atoms with E-state index in [0.717, 1.165) is 18.4 Å². The van der Waals surface area contributed by atoms with Gasteiger partial charge in [-0.25, -0.2) is 0 Å². The Balaban J connectivity index is 1.77. The van der Waals surface area contributed by atoms with Gasteiger partial charge in [-0.15, -0.1) is 0 Å². The third-order valence-electron chi connectivity index (χ3n) is 3.24. The number of carbonyl (C=O) groups is 2. The summed E-state index contributed by atoms with van der Waals surface area (Å²) in [6, 6.07) is 14.1. The van der Waals surface area contributed by atoms with Crippen LogP contribution in [-0.4, -0.2) is 11.8 Å². The topological polar surface area (TPSA) is 72.2 Å². The van der Waals surface area contributed by atoms with Crippen LogP contribution in [0.25, 0.3) is 0 Å². The Morgan fingerprint density at radius 1 is 1.00 bits per heavy atom. The Labute approximate surface area is 134 Å². The van der Waals surface area contributed by atoms with Gasteiger partial charge in [0.15, 0.2) is 0 Å². The number of benzene rings is 2. The van der Waals surface area contributed by atoms with Gasteiger partial charge in [0, 0.05) is 22.7 Å². The van der Waals surface area contributed by atoms with E-state index < -0.39 is 5.91 Å². The van der Waals surface area contributed by atoms with Crippen LogP contribution in [0.5, 0.6) is 0 Å². The highest BCUT2D eigenvalue weighted by Crippen LogP contribution is 2.13. The standard InChI is InChI=1S/C17H17ClN2O2/c18-14-8-4-12(5-9-14)2-1-3-16(21)20-15-10-6-13(7-11-15)17(19)22/h4-11H,1-3H2,(H2,19,22)(H,20,21). The molecule has 0 heterocycles. The second-order valence-electron chi connectivity index (χ2n) is 4.97. The highest BCUT2D eigenvalue weighted by molar-refractivity contribution is 6.30. The Kier molecular flexibility index (Phi) is 5.55. The summed E-state index contributed by atoms with van der Waals surface area (Å²) in [6.07, 6.45) is 2.01. The van der Waals surface area contributed by atoms with Crippen LogP contribution in [0.3, 0.4) is 0 Å². The molecule has 4 nitrogen and oxygen atoms in total. The molecule has 0 saturated carbocycles. The van der Waals surface area contributed by atoms with Gasteiger partial charge in [-0.3, -0.25) is 9.59 Å². The summed E-state index contributed by atoms with van der Waals surface area (Å²) in [6.45, 7) is 0. The number of primary amides is 1. The second kappa shape index (κ2) is 7.61. The lowest BCUT2D eigenvalue weighted by atomic mass is 10.1. The van der Waals surface area contributed by atoms with Crippen molar-refractivity contribution in [2.75, 3.05) is 5.32 Å². The maximum atomic E-state index is 11.9. The first-order valence-corrected chi connectivity index (χ1v) is 7.36. The van der Waals surface area contributed by atoms with Crippen molar-refractivity contribution in [2.45, 2.75) is 19.3 Å². The number of amides is 2. The van der Waals surface area contributed by atoms with Gasteiger partial charge in [-0.1, -0.05) is 23.7 Å². The van der Waals surface area contributed by atoms with E-state index in [1.807, 2.05) is 24.3 Å². The zero-order chi connectivity index (χ0) is 15.9. The molecule has 0 saturated heterocycles. The fourth-order valence-corrected chi connectivity index (χ4v) is 2.17. The summed E-state index contributed by atoms with van der Waals surface area (Å²) in [5.74, 6) is -0.540. The van der Waals surface area contributed by atoms with Crippen LogP contribution >= 0.6 is 11.6 Å². The molecule has 2 amide bonds. The molecule has 2 aromatic rings. The molecule has 0 bridgehead atoms. The van der Waals surface area contributed by atoms with Crippen LogP contribution in [0, 0.1) is 0 Å². The number of rotatable bonds is 6. The van der Waals surface area contributed by atoms with E-state index in [9.17, 15) is 9.59 Å². The Morgan fingerprint density at radius 3 is 2.23 bits per heavy atom. The van der Waals surface area contributed by atoms with Gasteiger partial charge in [0.25, 0.3) is 0 Å².